The summed E-state index contributed by atoms with van der Waals surface area (Å²) in [6.45, 7) is 2.62. The van der Waals surface area contributed by atoms with E-state index in [-0.39, 0.29) is 24.5 Å². The molecule has 2 amide bonds. The van der Waals surface area contributed by atoms with Crippen LogP contribution in [0.4, 0.5) is 5.69 Å². The Morgan fingerprint density at radius 2 is 1.90 bits per heavy atom. The molecule has 4 rings (SSSR count). The average molecular weight is 388 g/mol. The van der Waals surface area contributed by atoms with Gasteiger partial charge < -0.3 is 15.0 Å². The molecule has 1 N–H and O–H groups in total. The van der Waals surface area contributed by atoms with Crippen molar-refractivity contribution in [3.63, 3.8) is 0 Å². The third-order valence-corrected chi connectivity index (χ3v) is 5.24. The number of ether oxygens (including phenoxy) is 1. The quantitative estimate of drug-likeness (QED) is 0.688. The van der Waals surface area contributed by atoms with Gasteiger partial charge in [-0.1, -0.05) is 48.5 Å². The third kappa shape index (κ3) is 4.24. The Bertz CT molecular complexity index is 1040. The maximum absolute atomic E-state index is 12.4. The van der Waals surface area contributed by atoms with Crippen LogP contribution in [0.25, 0.3) is 10.8 Å². The summed E-state index contributed by atoms with van der Waals surface area (Å²) in [5.74, 6) is 0.520. The fraction of sp³-hybridized carbons (Fsp3) is 0.250. The number of nitrogens with zero attached hydrogens (tertiary/aromatic N) is 1. The Morgan fingerprint density at radius 3 is 2.72 bits per heavy atom. The summed E-state index contributed by atoms with van der Waals surface area (Å²) in [5, 5.41) is 5.29. The van der Waals surface area contributed by atoms with Crippen LogP contribution in [-0.4, -0.2) is 25.0 Å². The number of carbonyl (C=O) groups excluding carboxylic acids is 2. The predicted molar refractivity (Wildman–Crippen MR) is 114 cm³/mol. The van der Waals surface area contributed by atoms with Crippen LogP contribution in [0.1, 0.15) is 31.4 Å². The van der Waals surface area contributed by atoms with Crippen molar-refractivity contribution in [3.8, 4) is 5.75 Å². The lowest BCUT2D eigenvalue weighted by Gasteiger charge is -2.18. The third-order valence-electron chi connectivity index (χ3n) is 5.24. The summed E-state index contributed by atoms with van der Waals surface area (Å²) in [5.41, 5.74) is 1.89. The first-order valence-corrected chi connectivity index (χ1v) is 9.92. The molecular formula is C24H24N2O3. The van der Waals surface area contributed by atoms with Crippen molar-refractivity contribution in [2.24, 2.45) is 0 Å². The van der Waals surface area contributed by atoms with E-state index in [1.807, 2.05) is 49.4 Å². The lowest BCUT2D eigenvalue weighted by atomic mass is 10.00. The Labute approximate surface area is 170 Å². The van der Waals surface area contributed by atoms with Crippen molar-refractivity contribution in [2.45, 2.75) is 25.8 Å². The minimum absolute atomic E-state index is 0.0769. The summed E-state index contributed by atoms with van der Waals surface area (Å²) in [6, 6.07) is 21.4. The summed E-state index contributed by atoms with van der Waals surface area (Å²) in [6.07, 6.45) is 1.46. The van der Waals surface area contributed by atoms with Crippen molar-refractivity contribution in [2.75, 3.05) is 18.1 Å². The second kappa shape index (κ2) is 8.35. The minimum Gasteiger partial charge on any atom is -0.484 e. The number of nitrogens with one attached hydrogen (secondary N) is 1. The molecule has 0 radical (unpaired) electrons. The zero-order valence-electron chi connectivity index (χ0n) is 16.4. The molecule has 1 heterocycles. The molecule has 0 aromatic heterocycles. The Hall–Kier alpha value is -3.34. The van der Waals surface area contributed by atoms with Gasteiger partial charge in [-0.05, 0) is 41.8 Å². The molecule has 3 aromatic carbocycles. The normalized spacial score (nSPS) is 14.8. The fourth-order valence-electron chi connectivity index (χ4n) is 3.80. The molecular weight excluding hydrogens is 364 g/mol. The van der Waals surface area contributed by atoms with Crippen LogP contribution in [0.15, 0.2) is 66.7 Å². The van der Waals surface area contributed by atoms with Gasteiger partial charge in [0.2, 0.25) is 5.91 Å². The molecule has 0 aliphatic carbocycles. The van der Waals surface area contributed by atoms with Crippen molar-refractivity contribution in [3.05, 3.63) is 72.3 Å². The van der Waals surface area contributed by atoms with E-state index in [9.17, 15) is 9.59 Å². The van der Waals surface area contributed by atoms with Crippen LogP contribution >= 0.6 is 0 Å². The Morgan fingerprint density at radius 1 is 1.10 bits per heavy atom. The van der Waals surface area contributed by atoms with E-state index in [0.29, 0.717) is 12.2 Å². The number of fused-ring (bicyclic) bond motifs is 1. The SMILES string of the molecule is CC(NC(=O)COc1cccc(N2CCCC2=O)c1)c1cccc2ccccc12. The van der Waals surface area contributed by atoms with Crippen LogP contribution in [0.5, 0.6) is 5.75 Å². The van der Waals surface area contributed by atoms with Gasteiger partial charge in [-0.3, -0.25) is 9.59 Å². The first-order valence-electron chi connectivity index (χ1n) is 9.92. The highest BCUT2D eigenvalue weighted by Crippen LogP contribution is 2.26. The molecule has 0 bridgehead atoms. The molecule has 1 fully saturated rings. The predicted octanol–water partition coefficient (Wildman–Crippen LogP) is 4.22. The molecule has 0 saturated carbocycles. The number of rotatable bonds is 6. The lowest BCUT2D eigenvalue weighted by molar-refractivity contribution is -0.123. The minimum atomic E-state index is -0.187. The second-order valence-electron chi connectivity index (χ2n) is 7.29. The number of amides is 2. The molecule has 1 atom stereocenters. The molecule has 29 heavy (non-hydrogen) atoms. The van der Waals surface area contributed by atoms with E-state index >= 15 is 0 Å². The van der Waals surface area contributed by atoms with E-state index in [1.165, 1.54) is 0 Å². The van der Waals surface area contributed by atoms with Gasteiger partial charge in [-0.2, -0.15) is 0 Å². The van der Waals surface area contributed by atoms with Crippen LogP contribution in [-0.2, 0) is 9.59 Å². The first-order chi connectivity index (χ1) is 14.1. The Balaban J connectivity index is 1.38. The number of hydrogen-bond donors (Lipinski definition) is 1. The average Bonchev–Trinajstić information content (AvgIpc) is 3.18. The first kappa shape index (κ1) is 19.0. The van der Waals surface area contributed by atoms with Crippen LogP contribution in [0.3, 0.4) is 0 Å². The molecule has 3 aromatic rings. The summed E-state index contributed by atoms with van der Waals surface area (Å²) in [4.78, 5) is 26.1. The maximum atomic E-state index is 12.4. The van der Waals surface area contributed by atoms with Crippen LogP contribution < -0.4 is 15.0 Å². The van der Waals surface area contributed by atoms with E-state index in [1.54, 1.807) is 11.0 Å². The van der Waals surface area contributed by atoms with Gasteiger partial charge in [0, 0.05) is 24.7 Å². The van der Waals surface area contributed by atoms with Crippen molar-refractivity contribution >= 4 is 28.3 Å². The monoisotopic (exact) mass is 388 g/mol. The summed E-state index contributed by atoms with van der Waals surface area (Å²) < 4.78 is 5.68. The molecule has 1 saturated heterocycles. The van der Waals surface area contributed by atoms with E-state index in [0.717, 1.165) is 35.0 Å². The van der Waals surface area contributed by atoms with Gasteiger partial charge in [-0.15, -0.1) is 0 Å². The van der Waals surface area contributed by atoms with Gasteiger partial charge in [0.1, 0.15) is 5.75 Å². The van der Waals surface area contributed by atoms with Gasteiger partial charge in [0.25, 0.3) is 5.91 Å². The molecule has 5 heteroatoms. The van der Waals surface area contributed by atoms with Gasteiger partial charge in [0.05, 0.1) is 6.04 Å². The van der Waals surface area contributed by atoms with E-state index in [4.69, 9.17) is 4.74 Å². The summed E-state index contributed by atoms with van der Waals surface area (Å²) in [7, 11) is 0. The molecule has 0 spiro atoms. The maximum Gasteiger partial charge on any atom is 0.258 e. The number of anilines is 1. The number of benzene rings is 3. The standard InChI is InChI=1S/C24H24N2O3/c1-17(21-12-4-8-18-7-2-3-11-22(18)21)25-23(27)16-29-20-10-5-9-19(15-20)26-14-6-13-24(26)28/h2-5,7-12,15,17H,6,13-14,16H2,1H3,(H,25,27). The van der Waals surface area contributed by atoms with E-state index < -0.39 is 0 Å². The molecule has 148 valence electrons. The Kier molecular flexibility index (Phi) is 5.47. The van der Waals surface area contributed by atoms with Gasteiger partial charge in [-0.25, -0.2) is 0 Å². The topological polar surface area (TPSA) is 58.6 Å². The highest BCUT2D eigenvalue weighted by atomic mass is 16.5. The highest BCUT2D eigenvalue weighted by Gasteiger charge is 2.22. The summed E-state index contributed by atoms with van der Waals surface area (Å²) >= 11 is 0. The molecule has 1 unspecified atom stereocenters. The second-order valence-corrected chi connectivity index (χ2v) is 7.29. The fourth-order valence-corrected chi connectivity index (χ4v) is 3.80. The van der Waals surface area contributed by atoms with Crippen molar-refractivity contribution < 1.29 is 14.3 Å². The molecule has 1 aliphatic heterocycles. The van der Waals surface area contributed by atoms with Gasteiger partial charge >= 0.3 is 0 Å². The van der Waals surface area contributed by atoms with E-state index in [2.05, 4.69) is 23.5 Å². The smallest absolute Gasteiger partial charge is 0.258 e. The highest BCUT2D eigenvalue weighted by molar-refractivity contribution is 5.95. The zero-order chi connectivity index (χ0) is 20.2. The zero-order valence-corrected chi connectivity index (χ0v) is 16.4. The van der Waals surface area contributed by atoms with Crippen molar-refractivity contribution in [1.82, 2.24) is 5.32 Å². The molecule has 5 nitrogen and oxygen atoms in total. The van der Waals surface area contributed by atoms with Gasteiger partial charge in [0.15, 0.2) is 6.61 Å². The number of carbonyl (C=O) groups is 2. The van der Waals surface area contributed by atoms with Crippen molar-refractivity contribution in [1.29, 1.82) is 0 Å². The lowest BCUT2D eigenvalue weighted by Crippen LogP contribution is -2.31. The van der Waals surface area contributed by atoms with Crippen LogP contribution in [0.2, 0.25) is 0 Å². The molecule has 1 aliphatic rings. The number of hydrogen-bond acceptors (Lipinski definition) is 3. The largest absolute Gasteiger partial charge is 0.484 e. The van der Waals surface area contributed by atoms with Crippen LogP contribution in [0, 0.1) is 0 Å².